The Bertz CT molecular complexity index is 590. The number of halogens is 1. The lowest BCUT2D eigenvalue weighted by Gasteiger charge is -2.17. The molecule has 118 valence electrons. The Labute approximate surface area is 138 Å². The van der Waals surface area contributed by atoms with E-state index in [0.717, 1.165) is 10.6 Å². The van der Waals surface area contributed by atoms with Crippen molar-refractivity contribution in [2.45, 2.75) is 12.3 Å². The fourth-order valence-corrected chi connectivity index (χ4v) is 3.47. The van der Waals surface area contributed by atoms with Gasteiger partial charge in [0.05, 0.1) is 6.54 Å². The van der Waals surface area contributed by atoms with E-state index >= 15 is 0 Å². The van der Waals surface area contributed by atoms with E-state index in [-0.39, 0.29) is 11.8 Å². The number of carbonyl (C=O) groups is 1. The molecule has 1 aromatic carbocycles. The second-order valence-electron chi connectivity index (χ2n) is 4.81. The van der Waals surface area contributed by atoms with Crippen LogP contribution in [-0.4, -0.2) is 30.3 Å². The van der Waals surface area contributed by atoms with Gasteiger partial charge in [0.15, 0.2) is 0 Å². The Morgan fingerprint density at radius 3 is 2.86 bits per heavy atom. The van der Waals surface area contributed by atoms with Crippen molar-refractivity contribution in [2.75, 3.05) is 19.3 Å². The molecule has 0 aliphatic heterocycles. The van der Waals surface area contributed by atoms with Gasteiger partial charge in [0.1, 0.15) is 5.82 Å². The summed E-state index contributed by atoms with van der Waals surface area (Å²) >= 11 is 3.25. The Balaban J connectivity index is 1.62. The number of hydrogen-bond acceptors (Lipinski definition) is 3. The molecule has 0 saturated carbocycles. The maximum Gasteiger partial charge on any atom is 0.317 e. The van der Waals surface area contributed by atoms with Gasteiger partial charge >= 0.3 is 6.03 Å². The SMILES string of the molecule is CN(Cc1cccs1)C(=O)NCCSCc1ccccc1F. The minimum Gasteiger partial charge on any atom is -0.337 e. The molecule has 2 aromatic rings. The molecule has 0 bridgehead atoms. The average Bonchev–Trinajstić information content (AvgIpc) is 3.01. The number of nitrogens with zero attached hydrogens (tertiary/aromatic N) is 1. The standard InChI is InChI=1S/C16H19FN2OS2/c1-19(11-14-6-4-9-22-14)16(20)18-8-10-21-12-13-5-2-3-7-15(13)17/h2-7,9H,8,10-12H2,1H3,(H,18,20). The van der Waals surface area contributed by atoms with Crippen molar-refractivity contribution in [3.05, 3.63) is 58.0 Å². The molecule has 1 heterocycles. The maximum atomic E-state index is 13.4. The first-order valence-electron chi connectivity index (χ1n) is 6.99. The van der Waals surface area contributed by atoms with Crippen LogP contribution in [0.5, 0.6) is 0 Å². The van der Waals surface area contributed by atoms with Crippen LogP contribution in [0.15, 0.2) is 41.8 Å². The van der Waals surface area contributed by atoms with Gasteiger partial charge in [-0.1, -0.05) is 24.3 Å². The molecular weight excluding hydrogens is 319 g/mol. The van der Waals surface area contributed by atoms with Gasteiger partial charge in [-0.15, -0.1) is 11.3 Å². The number of rotatable bonds is 7. The van der Waals surface area contributed by atoms with Crippen molar-refractivity contribution in [1.29, 1.82) is 0 Å². The lowest BCUT2D eigenvalue weighted by atomic mass is 10.2. The molecule has 0 saturated heterocycles. The van der Waals surface area contributed by atoms with E-state index in [2.05, 4.69) is 5.32 Å². The number of carbonyl (C=O) groups excluding carboxylic acids is 1. The van der Waals surface area contributed by atoms with Crippen LogP contribution in [0.3, 0.4) is 0 Å². The lowest BCUT2D eigenvalue weighted by molar-refractivity contribution is 0.208. The molecule has 3 nitrogen and oxygen atoms in total. The summed E-state index contributed by atoms with van der Waals surface area (Å²) in [5.74, 6) is 1.20. The van der Waals surface area contributed by atoms with Crippen LogP contribution >= 0.6 is 23.1 Å². The number of benzene rings is 1. The smallest absolute Gasteiger partial charge is 0.317 e. The van der Waals surface area contributed by atoms with Crippen molar-refractivity contribution in [1.82, 2.24) is 10.2 Å². The van der Waals surface area contributed by atoms with Gasteiger partial charge < -0.3 is 10.2 Å². The van der Waals surface area contributed by atoms with Crippen LogP contribution in [0.4, 0.5) is 9.18 Å². The van der Waals surface area contributed by atoms with Gasteiger partial charge in [0, 0.05) is 30.0 Å². The van der Waals surface area contributed by atoms with Gasteiger partial charge in [-0.3, -0.25) is 0 Å². The monoisotopic (exact) mass is 338 g/mol. The first-order valence-corrected chi connectivity index (χ1v) is 9.03. The highest BCUT2D eigenvalue weighted by molar-refractivity contribution is 7.98. The molecule has 1 N–H and O–H groups in total. The Morgan fingerprint density at radius 1 is 1.32 bits per heavy atom. The third kappa shape index (κ3) is 5.35. The van der Waals surface area contributed by atoms with Crippen LogP contribution < -0.4 is 5.32 Å². The van der Waals surface area contributed by atoms with Gasteiger partial charge in [-0.25, -0.2) is 9.18 Å². The summed E-state index contributed by atoms with van der Waals surface area (Å²) in [7, 11) is 1.78. The fraction of sp³-hybridized carbons (Fsp3) is 0.312. The van der Waals surface area contributed by atoms with E-state index in [1.54, 1.807) is 47.2 Å². The van der Waals surface area contributed by atoms with Crippen LogP contribution in [-0.2, 0) is 12.3 Å². The highest BCUT2D eigenvalue weighted by atomic mass is 32.2. The zero-order valence-electron chi connectivity index (χ0n) is 12.4. The molecule has 0 aliphatic carbocycles. The molecule has 0 spiro atoms. The number of nitrogens with one attached hydrogen (secondary N) is 1. The van der Waals surface area contributed by atoms with Crippen LogP contribution in [0.2, 0.25) is 0 Å². The summed E-state index contributed by atoms with van der Waals surface area (Å²) in [5, 5.41) is 4.87. The van der Waals surface area contributed by atoms with Crippen LogP contribution in [0.1, 0.15) is 10.4 Å². The van der Waals surface area contributed by atoms with E-state index in [0.29, 0.717) is 24.4 Å². The van der Waals surface area contributed by atoms with Crippen LogP contribution in [0.25, 0.3) is 0 Å². The van der Waals surface area contributed by atoms with Crippen molar-refractivity contribution in [3.8, 4) is 0 Å². The van der Waals surface area contributed by atoms with Gasteiger partial charge in [-0.05, 0) is 23.1 Å². The van der Waals surface area contributed by atoms with E-state index in [9.17, 15) is 9.18 Å². The van der Waals surface area contributed by atoms with Crippen molar-refractivity contribution in [3.63, 3.8) is 0 Å². The normalized spacial score (nSPS) is 10.5. The van der Waals surface area contributed by atoms with Gasteiger partial charge in [-0.2, -0.15) is 11.8 Å². The summed E-state index contributed by atoms with van der Waals surface area (Å²) < 4.78 is 13.4. The summed E-state index contributed by atoms with van der Waals surface area (Å²) in [6.07, 6.45) is 0. The maximum absolute atomic E-state index is 13.4. The second-order valence-corrected chi connectivity index (χ2v) is 6.95. The predicted molar refractivity (Wildman–Crippen MR) is 91.7 cm³/mol. The average molecular weight is 338 g/mol. The highest BCUT2D eigenvalue weighted by Crippen LogP contribution is 2.15. The van der Waals surface area contributed by atoms with Crippen molar-refractivity contribution < 1.29 is 9.18 Å². The first-order chi connectivity index (χ1) is 10.7. The third-order valence-electron chi connectivity index (χ3n) is 3.06. The predicted octanol–water partition coefficient (Wildman–Crippen LogP) is 3.96. The zero-order valence-corrected chi connectivity index (χ0v) is 14.1. The number of urea groups is 1. The highest BCUT2D eigenvalue weighted by Gasteiger charge is 2.08. The minimum atomic E-state index is -0.172. The van der Waals surface area contributed by atoms with E-state index in [1.807, 2.05) is 23.6 Å². The Morgan fingerprint density at radius 2 is 2.14 bits per heavy atom. The molecule has 0 unspecified atom stereocenters. The van der Waals surface area contributed by atoms with Crippen LogP contribution in [0, 0.1) is 5.82 Å². The minimum absolute atomic E-state index is 0.0834. The topological polar surface area (TPSA) is 32.3 Å². The number of thiophene rings is 1. The van der Waals surface area contributed by atoms with Crippen molar-refractivity contribution >= 4 is 29.1 Å². The molecule has 2 amide bonds. The Kier molecular flexibility index (Phi) is 6.74. The molecular formula is C16H19FN2OS2. The molecule has 6 heteroatoms. The van der Waals surface area contributed by atoms with E-state index < -0.39 is 0 Å². The summed E-state index contributed by atoms with van der Waals surface area (Å²) in [6, 6.07) is 10.7. The molecule has 22 heavy (non-hydrogen) atoms. The largest absolute Gasteiger partial charge is 0.337 e. The summed E-state index contributed by atoms with van der Waals surface area (Å²) in [4.78, 5) is 14.7. The first kappa shape index (κ1) is 16.8. The quantitative estimate of drug-likeness (QED) is 0.775. The fourth-order valence-electron chi connectivity index (χ4n) is 1.87. The zero-order chi connectivity index (χ0) is 15.8. The van der Waals surface area contributed by atoms with Crippen molar-refractivity contribution in [2.24, 2.45) is 0 Å². The molecule has 0 atom stereocenters. The van der Waals surface area contributed by atoms with Gasteiger partial charge in [0.25, 0.3) is 0 Å². The van der Waals surface area contributed by atoms with E-state index in [4.69, 9.17) is 0 Å². The number of hydrogen-bond donors (Lipinski definition) is 1. The second kappa shape index (κ2) is 8.80. The Hall–Kier alpha value is -1.53. The molecule has 0 fully saturated rings. The number of amides is 2. The molecule has 0 radical (unpaired) electrons. The summed E-state index contributed by atoms with van der Waals surface area (Å²) in [6.45, 7) is 1.19. The third-order valence-corrected chi connectivity index (χ3v) is 4.93. The molecule has 2 rings (SSSR count). The molecule has 1 aromatic heterocycles. The lowest BCUT2D eigenvalue weighted by Crippen LogP contribution is -2.37. The molecule has 0 aliphatic rings. The van der Waals surface area contributed by atoms with E-state index in [1.165, 1.54) is 6.07 Å². The van der Waals surface area contributed by atoms with Gasteiger partial charge in [0.2, 0.25) is 0 Å². The number of thioether (sulfide) groups is 1. The summed E-state index contributed by atoms with van der Waals surface area (Å²) in [5.41, 5.74) is 0.702.